The average molecular weight is 305 g/mol. The van der Waals surface area contributed by atoms with Crippen LogP contribution in [0, 0.1) is 5.41 Å². The van der Waals surface area contributed by atoms with Crippen molar-refractivity contribution in [2.75, 3.05) is 18.9 Å². The minimum absolute atomic E-state index is 0.127. The summed E-state index contributed by atoms with van der Waals surface area (Å²) < 4.78 is 31.6. The van der Waals surface area contributed by atoms with E-state index in [2.05, 4.69) is 4.72 Å². The predicted octanol–water partition coefficient (Wildman–Crippen LogP) is 2.22. The molecule has 0 bridgehead atoms. The standard InChI is InChI=1S/C14H27NO4S/c1-3-5-11-20(17,18)15-12-14(13(16)19-4-2)9-7-6-8-10-14/h15H,3-12H2,1-2H3. The average Bonchev–Trinajstić information content (AvgIpc) is 2.44. The lowest BCUT2D eigenvalue weighted by Gasteiger charge is -2.34. The molecule has 1 fully saturated rings. The Hall–Kier alpha value is -0.620. The SMILES string of the molecule is CCCCS(=O)(=O)NCC1(C(=O)OCC)CCCCC1. The maximum absolute atomic E-state index is 12.2. The fraction of sp³-hybridized carbons (Fsp3) is 0.929. The lowest BCUT2D eigenvalue weighted by atomic mass is 9.74. The summed E-state index contributed by atoms with van der Waals surface area (Å²) in [5.41, 5.74) is -0.659. The van der Waals surface area contributed by atoms with E-state index in [1.54, 1.807) is 6.92 Å². The zero-order chi connectivity index (χ0) is 15.1. The number of unbranched alkanes of at least 4 members (excludes halogenated alkanes) is 1. The maximum atomic E-state index is 12.2. The van der Waals surface area contributed by atoms with Crippen molar-refractivity contribution >= 4 is 16.0 Å². The van der Waals surface area contributed by atoms with Gasteiger partial charge in [0.1, 0.15) is 0 Å². The Morgan fingerprint density at radius 3 is 2.40 bits per heavy atom. The van der Waals surface area contributed by atoms with Crippen LogP contribution in [0.2, 0.25) is 0 Å². The molecule has 0 heterocycles. The number of hydrogen-bond acceptors (Lipinski definition) is 4. The monoisotopic (exact) mass is 305 g/mol. The smallest absolute Gasteiger partial charge is 0.313 e. The number of carbonyl (C=O) groups is 1. The van der Waals surface area contributed by atoms with E-state index in [1.165, 1.54) is 0 Å². The van der Waals surface area contributed by atoms with Crippen molar-refractivity contribution in [3.05, 3.63) is 0 Å². The zero-order valence-electron chi connectivity index (χ0n) is 12.6. The lowest BCUT2D eigenvalue weighted by Crippen LogP contribution is -2.45. The van der Waals surface area contributed by atoms with E-state index in [1.807, 2.05) is 6.92 Å². The maximum Gasteiger partial charge on any atom is 0.313 e. The number of sulfonamides is 1. The third-order valence-electron chi connectivity index (χ3n) is 3.92. The molecule has 6 heteroatoms. The van der Waals surface area contributed by atoms with E-state index in [9.17, 15) is 13.2 Å². The Kier molecular flexibility index (Phi) is 6.95. The first-order valence-corrected chi connectivity index (χ1v) is 9.25. The van der Waals surface area contributed by atoms with Crippen molar-refractivity contribution in [2.45, 2.75) is 58.8 Å². The van der Waals surface area contributed by atoms with Crippen LogP contribution in [0.4, 0.5) is 0 Å². The molecule has 0 aromatic carbocycles. The predicted molar refractivity (Wildman–Crippen MR) is 78.8 cm³/mol. The molecule has 0 atom stereocenters. The van der Waals surface area contributed by atoms with Crippen LogP contribution in [0.3, 0.4) is 0 Å². The van der Waals surface area contributed by atoms with Crippen LogP contribution in [0.5, 0.6) is 0 Å². The molecule has 1 saturated carbocycles. The molecule has 0 unspecified atom stereocenters. The van der Waals surface area contributed by atoms with Gasteiger partial charge in [-0.25, -0.2) is 13.1 Å². The van der Waals surface area contributed by atoms with Crippen LogP contribution >= 0.6 is 0 Å². The van der Waals surface area contributed by atoms with Gasteiger partial charge in [-0.15, -0.1) is 0 Å². The normalized spacial score (nSPS) is 18.7. The third-order valence-corrected chi connectivity index (χ3v) is 5.33. The largest absolute Gasteiger partial charge is 0.466 e. The minimum Gasteiger partial charge on any atom is -0.466 e. The molecule has 5 nitrogen and oxygen atoms in total. The molecular formula is C14H27NO4S. The van der Waals surface area contributed by atoms with E-state index in [0.717, 1.165) is 25.7 Å². The number of rotatable bonds is 8. The van der Waals surface area contributed by atoms with Gasteiger partial charge in [-0.05, 0) is 26.2 Å². The number of ether oxygens (including phenoxy) is 1. The van der Waals surface area contributed by atoms with Gasteiger partial charge >= 0.3 is 5.97 Å². The van der Waals surface area contributed by atoms with Crippen molar-refractivity contribution < 1.29 is 17.9 Å². The molecule has 20 heavy (non-hydrogen) atoms. The van der Waals surface area contributed by atoms with E-state index < -0.39 is 15.4 Å². The molecule has 0 aromatic heterocycles. The van der Waals surface area contributed by atoms with Crippen LogP contribution in [0.15, 0.2) is 0 Å². The second-order valence-electron chi connectivity index (χ2n) is 5.56. The summed E-state index contributed by atoms with van der Waals surface area (Å²) in [6.45, 7) is 4.25. The summed E-state index contributed by atoms with van der Waals surface area (Å²) in [6.07, 6.45) is 5.91. The third kappa shape index (κ3) is 5.05. The van der Waals surface area contributed by atoms with Gasteiger partial charge < -0.3 is 4.74 Å². The minimum atomic E-state index is -3.29. The van der Waals surface area contributed by atoms with Crippen molar-refractivity contribution in [2.24, 2.45) is 5.41 Å². The molecule has 1 aliphatic carbocycles. The highest BCUT2D eigenvalue weighted by molar-refractivity contribution is 7.89. The van der Waals surface area contributed by atoms with Crippen LogP contribution < -0.4 is 4.72 Å². The van der Waals surface area contributed by atoms with E-state index in [-0.39, 0.29) is 18.3 Å². The Labute approximate surface area is 122 Å². The number of esters is 1. The van der Waals surface area contributed by atoms with Crippen molar-refractivity contribution in [3.63, 3.8) is 0 Å². The number of nitrogens with one attached hydrogen (secondary N) is 1. The second kappa shape index (κ2) is 7.98. The summed E-state index contributed by atoms with van der Waals surface area (Å²) in [6, 6.07) is 0. The number of hydrogen-bond donors (Lipinski definition) is 1. The van der Waals surface area contributed by atoms with E-state index in [0.29, 0.717) is 25.9 Å². The van der Waals surface area contributed by atoms with Crippen LogP contribution in [0.1, 0.15) is 58.8 Å². The highest BCUT2D eigenvalue weighted by Gasteiger charge is 2.41. The van der Waals surface area contributed by atoms with Gasteiger partial charge in [0.2, 0.25) is 10.0 Å². The Bertz CT molecular complexity index is 399. The van der Waals surface area contributed by atoms with Gasteiger partial charge in [-0.3, -0.25) is 4.79 Å². The summed E-state index contributed by atoms with van der Waals surface area (Å²) in [7, 11) is -3.29. The molecule has 0 amide bonds. The summed E-state index contributed by atoms with van der Waals surface area (Å²) in [5, 5.41) is 0. The molecule has 0 radical (unpaired) electrons. The quantitative estimate of drug-likeness (QED) is 0.698. The highest BCUT2D eigenvalue weighted by Crippen LogP contribution is 2.37. The molecule has 0 spiro atoms. The Morgan fingerprint density at radius 2 is 1.85 bits per heavy atom. The van der Waals surface area contributed by atoms with Crippen LogP contribution in [0.25, 0.3) is 0 Å². The first-order chi connectivity index (χ1) is 9.46. The van der Waals surface area contributed by atoms with Crippen molar-refractivity contribution in [1.29, 1.82) is 0 Å². The molecule has 0 aliphatic heterocycles. The van der Waals surface area contributed by atoms with E-state index in [4.69, 9.17) is 4.74 Å². The fourth-order valence-corrected chi connectivity index (χ4v) is 3.93. The van der Waals surface area contributed by atoms with Crippen molar-refractivity contribution in [3.8, 4) is 0 Å². The molecule has 0 aromatic rings. The summed E-state index contributed by atoms with van der Waals surface area (Å²) >= 11 is 0. The lowest BCUT2D eigenvalue weighted by molar-refractivity contribution is -0.157. The first-order valence-electron chi connectivity index (χ1n) is 7.60. The van der Waals surface area contributed by atoms with Gasteiger partial charge in [0.05, 0.1) is 17.8 Å². The first kappa shape index (κ1) is 17.4. The zero-order valence-corrected chi connectivity index (χ0v) is 13.4. The highest BCUT2D eigenvalue weighted by atomic mass is 32.2. The van der Waals surface area contributed by atoms with Crippen molar-refractivity contribution in [1.82, 2.24) is 4.72 Å². The van der Waals surface area contributed by atoms with E-state index >= 15 is 0 Å². The van der Waals surface area contributed by atoms with Gasteiger partial charge in [0, 0.05) is 6.54 Å². The molecule has 118 valence electrons. The molecule has 0 saturated heterocycles. The molecule has 1 N–H and O–H groups in total. The summed E-state index contributed by atoms with van der Waals surface area (Å²) in [4.78, 5) is 12.2. The fourth-order valence-electron chi connectivity index (χ4n) is 2.62. The topological polar surface area (TPSA) is 72.5 Å². The van der Waals surface area contributed by atoms with Gasteiger partial charge in [-0.2, -0.15) is 0 Å². The number of carbonyl (C=O) groups excluding carboxylic acids is 1. The van der Waals surface area contributed by atoms with Gasteiger partial charge in [-0.1, -0.05) is 32.6 Å². The molecular weight excluding hydrogens is 278 g/mol. The Balaban J connectivity index is 2.68. The molecule has 1 aliphatic rings. The van der Waals surface area contributed by atoms with Gasteiger partial charge in [0.25, 0.3) is 0 Å². The second-order valence-corrected chi connectivity index (χ2v) is 7.48. The molecule has 1 rings (SSSR count). The Morgan fingerprint density at radius 1 is 1.20 bits per heavy atom. The van der Waals surface area contributed by atoms with Crippen LogP contribution in [-0.2, 0) is 19.6 Å². The van der Waals surface area contributed by atoms with Crippen LogP contribution in [-0.4, -0.2) is 33.3 Å². The van der Waals surface area contributed by atoms with Gasteiger partial charge in [0.15, 0.2) is 0 Å². The summed E-state index contributed by atoms with van der Waals surface area (Å²) in [5.74, 6) is -0.125.